The van der Waals surface area contributed by atoms with Gasteiger partial charge in [0.15, 0.2) is 0 Å². The van der Waals surface area contributed by atoms with E-state index in [9.17, 15) is 0 Å². The molecule has 0 amide bonds. The van der Waals surface area contributed by atoms with Gasteiger partial charge in [-0.2, -0.15) is 0 Å². The number of hydrogen-bond acceptors (Lipinski definition) is 1. The van der Waals surface area contributed by atoms with Crippen LogP contribution in [0.25, 0.3) is 11.3 Å². The fourth-order valence-corrected chi connectivity index (χ4v) is 1.35. The summed E-state index contributed by atoms with van der Waals surface area (Å²) in [6.07, 6.45) is 1.73. The van der Waals surface area contributed by atoms with E-state index >= 15 is 0 Å². The molecule has 2 aromatic rings. The van der Waals surface area contributed by atoms with Crippen molar-refractivity contribution >= 4 is 0 Å². The highest BCUT2D eigenvalue weighted by molar-refractivity contribution is 5.59. The number of nitrogens with zero attached hydrogens (tertiary/aromatic N) is 1. The Kier molecular flexibility index (Phi) is 1.73. The van der Waals surface area contributed by atoms with Gasteiger partial charge in [-0.1, -0.05) is 37.2 Å². The van der Waals surface area contributed by atoms with E-state index in [0.717, 1.165) is 16.8 Å². The summed E-state index contributed by atoms with van der Waals surface area (Å²) >= 11 is 0. The second kappa shape index (κ2) is 4.05. The average Bonchev–Trinajstić information content (AvgIpc) is 2.28. The van der Waals surface area contributed by atoms with Crippen LogP contribution in [-0.2, 0) is 6.42 Å². The summed E-state index contributed by atoms with van der Waals surface area (Å²) in [4.78, 5) is 4.26. The van der Waals surface area contributed by atoms with E-state index in [1.54, 1.807) is 12.3 Å². The molecule has 0 aliphatic carbocycles. The van der Waals surface area contributed by atoms with E-state index in [-0.39, 0.29) is 6.42 Å². The fourth-order valence-electron chi connectivity index (χ4n) is 1.35. The van der Waals surface area contributed by atoms with Crippen LogP contribution in [0.3, 0.4) is 0 Å². The highest BCUT2D eigenvalue weighted by Crippen LogP contribution is 2.17. The number of hydrogen-bond donors (Lipinski definition) is 0. The van der Waals surface area contributed by atoms with Crippen molar-refractivity contribution in [2.75, 3.05) is 0 Å². The molecule has 1 aromatic heterocycles. The zero-order chi connectivity index (χ0) is 12.3. The number of benzene rings is 1. The maximum Gasteiger partial charge on any atom is 0.0704 e. The van der Waals surface area contributed by atoms with Gasteiger partial charge >= 0.3 is 0 Å². The maximum absolute atomic E-state index is 7.26. The van der Waals surface area contributed by atoms with Gasteiger partial charge in [0, 0.05) is 15.9 Å². The predicted octanol–water partition coefficient (Wildman–Crippen LogP) is 3.31. The van der Waals surface area contributed by atoms with Crippen LogP contribution in [0, 0.1) is 0 Å². The van der Waals surface area contributed by atoms with Crippen molar-refractivity contribution in [3.8, 4) is 11.3 Å². The molecule has 0 aliphatic heterocycles. The van der Waals surface area contributed by atoms with Gasteiger partial charge in [0.25, 0.3) is 0 Å². The highest BCUT2D eigenvalue weighted by atomic mass is 14.7. The largest absolute Gasteiger partial charge is 0.256 e. The molecule has 0 aliphatic rings. The van der Waals surface area contributed by atoms with Crippen molar-refractivity contribution in [1.82, 2.24) is 4.98 Å². The molecule has 0 fully saturated rings. The van der Waals surface area contributed by atoms with Gasteiger partial charge in [-0.3, -0.25) is 4.98 Å². The molecule has 0 radical (unpaired) electrons. The Hall–Kier alpha value is -1.63. The molecule has 1 heterocycles. The molecule has 1 heteroatoms. The Bertz CT molecular complexity index is 492. The smallest absolute Gasteiger partial charge is 0.0704 e. The van der Waals surface area contributed by atoms with Gasteiger partial charge in [-0.15, -0.1) is 0 Å². The summed E-state index contributed by atoms with van der Waals surface area (Å²) in [6.45, 7) is -1.94. The van der Waals surface area contributed by atoms with Crippen molar-refractivity contribution in [2.24, 2.45) is 0 Å². The first kappa shape index (κ1) is 5.97. The lowest BCUT2D eigenvalue weighted by atomic mass is 10.1. The molecule has 14 heavy (non-hydrogen) atoms. The molecule has 0 spiro atoms. The fraction of sp³-hybridized carbons (Fsp3) is 0.154. The Morgan fingerprint density at radius 3 is 2.86 bits per heavy atom. The third-order valence-electron chi connectivity index (χ3n) is 2.10. The number of aromatic nitrogens is 1. The topological polar surface area (TPSA) is 12.9 Å². The molecule has 70 valence electrons. The van der Waals surface area contributed by atoms with Crippen LogP contribution >= 0.6 is 0 Å². The molecule has 1 nitrogen and oxygen atoms in total. The molecule has 0 unspecified atom stereocenters. The second-order valence-corrected chi connectivity index (χ2v) is 3.09. The van der Waals surface area contributed by atoms with Crippen LogP contribution in [0.4, 0.5) is 0 Å². The van der Waals surface area contributed by atoms with Crippen molar-refractivity contribution in [3.05, 3.63) is 54.2 Å². The Balaban J connectivity index is 2.29. The Morgan fingerprint density at radius 2 is 2.07 bits per heavy atom. The van der Waals surface area contributed by atoms with Gasteiger partial charge in [0.2, 0.25) is 0 Å². The van der Waals surface area contributed by atoms with Gasteiger partial charge in [0.1, 0.15) is 0 Å². The summed E-state index contributed by atoms with van der Waals surface area (Å²) in [5.41, 5.74) is 2.60. The van der Waals surface area contributed by atoms with Crippen LogP contribution < -0.4 is 0 Å². The lowest BCUT2D eigenvalue weighted by Crippen LogP contribution is -1.86. The monoisotopic (exact) mass is 186 g/mol. The first-order chi connectivity index (χ1) is 8.04. The van der Waals surface area contributed by atoms with Crippen molar-refractivity contribution in [3.63, 3.8) is 0 Å². The van der Waals surface area contributed by atoms with E-state index in [0.29, 0.717) is 0 Å². The molecule has 1 aromatic carbocycles. The first-order valence-electron chi connectivity index (χ1n) is 6.05. The van der Waals surface area contributed by atoms with E-state index in [2.05, 4.69) is 4.98 Å². The van der Waals surface area contributed by atoms with E-state index in [1.165, 1.54) is 0 Å². The molecular formula is C13H13N. The molecule has 2 rings (SSSR count). The SMILES string of the molecule is [2H]C([2H])([2H])Cc1ccnc(-c2ccccc2)c1. The maximum atomic E-state index is 7.26. The van der Waals surface area contributed by atoms with Crippen LogP contribution in [0.1, 0.15) is 16.5 Å². The number of pyridine rings is 1. The minimum Gasteiger partial charge on any atom is -0.256 e. The lowest BCUT2D eigenvalue weighted by Gasteiger charge is -2.02. The van der Waals surface area contributed by atoms with Crippen molar-refractivity contribution < 1.29 is 4.11 Å². The van der Waals surface area contributed by atoms with Gasteiger partial charge in [0.05, 0.1) is 5.69 Å². The molecular weight excluding hydrogens is 170 g/mol. The van der Waals surface area contributed by atoms with E-state index in [4.69, 9.17) is 4.11 Å². The minimum atomic E-state index is -1.94. The molecule has 0 N–H and O–H groups in total. The van der Waals surface area contributed by atoms with Gasteiger partial charge < -0.3 is 0 Å². The highest BCUT2D eigenvalue weighted by Gasteiger charge is 1.97. The second-order valence-electron chi connectivity index (χ2n) is 3.09. The first-order valence-corrected chi connectivity index (χ1v) is 4.55. The lowest BCUT2D eigenvalue weighted by molar-refractivity contribution is 1.12. The number of aryl methyl sites for hydroxylation is 1. The van der Waals surface area contributed by atoms with Crippen LogP contribution in [0.15, 0.2) is 48.7 Å². The van der Waals surface area contributed by atoms with Crippen LogP contribution in [0.2, 0.25) is 0 Å². The quantitative estimate of drug-likeness (QED) is 0.701. The van der Waals surface area contributed by atoms with E-state index in [1.807, 2.05) is 36.4 Å². The van der Waals surface area contributed by atoms with Gasteiger partial charge in [-0.05, 0) is 24.1 Å². The molecule has 0 saturated heterocycles. The summed E-state index contributed by atoms with van der Waals surface area (Å²) in [7, 11) is 0. The predicted molar refractivity (Wildman–Crippen MR) is 59.1 cm³/mol. The Labute approximate surface area is 88.7 Å². The summed E-state index contributed by atoms with van der Waals surface area (Å²) in [5, 5.41) is 0. The zero-order valence-corrected chi connectivity index (χ0v) is 7.77. The standard InChI is InChI=1S/C13H13N/c1-2-11-8-9-14-13(10-11)12-6-4-3-5-7-12/h3-10H,2H2,1H3/i1D3. The molecule has 0 saturated carbocycles. The summed E-state index contributed by atoms with van der Waals surface area (Å²) in [6, 6.07) is 13.3. The third kappa shape index (κ3) is 1.82. The minimum absolute atomic E-state index is 0.0787. The molecule has 0 bridgehead atoms. The van der Waals surface area contributed by atoms with E-state index < -0.39 is 6.85 Å². The summed E-state index contributed by atoms with van der Waals surface area (Å²) < 4.78 is 21.8. The van der Waals surface area contributed by atoms with Crippen LogP contribution in [0.5, 0.6) is 0 Å². The number of rotatable bonds is 2. The normalized spacial score (nSPS) is 14.1. The average molecular weight is 186 g/mol. The van der Waals surface area contributed by atoms with Gasteiger partial charge in [-0.25, -0.2) is 0 Å². The molecule has 0 atom stereocenters. The zero-order valence-electron chi connectivity index (χ0n) is 10.8. The van der Waals surface area contributed by atoms with Crippen LogP contribution in [-0.4, -0.2) is 4.98 Å². The Morgan fingerprint density at radius 1 is 1.21 bits per heavy atom. The summed E-state index contributed by atoms with van der Waals surface area (Å²) in [5.74, 6) is 0. The third-order valence-corrected chi connectivity index (χ3v) is 2.10. The van der Waals surface area contributed by atoms with Crippen molar-refractivity contribution in [1.29, 1.82) is 0 Å². The van der Waals surface area contributed by atoms with Crippen molar-refractivity contribution in [2.45, 2.75) is 13.3 Å².